The standard InChI is InChI=1S/C35H51N3O5/c1-8-16-25(7)36(21-9-2)33(42)30-35-20-19-34(12-5,43-35)28(29(35)32(41)38(30)27(23-39)24(6)11-4)31(40)37(22-10-3)26-17-14-13-15-18-26/h9-10,13-15,17-18,24-25,27-30,39H,2-3,8,11-12,16,19-23H2,1,4-7H3/t24-,25?,27-,28-,29-,30?,34+,35?/m0/s1. The van der Waals surface area contributed by atoms with Crippen molar-refractivity contribution in [2.75, 3.05) is 24.6 Å². The number of carbonyl (C=O) groups is 3. The lowest BCUT2D eigenvalue weighted by atomic mass is 9.64. The first-order chi connectivity index (χ1) is 20.6. The summed E-state index contributed by atoms with van der Waals surface area (Å²) >= 11 is 0. The fourth-order valence-electron chi connectivity index (χ4n) is 8.07. The largest absolute Gasteiger partial charge is 0.394 e. The number of para-hydroxylation sites is 1. The summed E-state index contributed by atoms with van der Waals surface area (Å²) in [5.41, 5.74) is -1.30. The van der Waals surface area contributed by atoms with E-state index in [4.69, 9.17) is 4.74 Å². The molecule has 236 valence electrons. The average Bonchev–Trinajstić information content (AvgIpc) is 3.62. The summed E-state index contributed by atoms with van der Waals surface area (Å²) in [6.07, 6.45) is 7.47. The minimum Gasteiger partial charge on any atom is -0.394 e. The highest BCUT2D eigenvalue weighted by Crippen LogP contribution is 2.65. The number of carbonyl (C=O) groups excluding carboxylic acids is 3. The van der Waals surface area contributed by atoms with E-state index in [1.54, 1.807) is 22.0 Å². The Bertz CT molecular complexity index is 1190. The van der Waals surface area contributed by atoms with Crippen LogP contribution in [0.25, 0.3) is 0 Å². The third kappa shape index (κ3) is 5.35. The number of ether oxygens (including phenoxy) is 1. The lowest BCUT2D eigenvalue weighted by molar-refractivity contribution is -0.158. The number of aliphatic hydroxyl groups is 1. The molecular weight excluding hydrogens is 542 g/mol. The van der Waals surface area contributed by atoms with Crippen LogP contribution in [-0.4, -0.2) is 81.7 Å². The first-order valence-corrected chi connectivity index (χ1v) is 16.1. The molecule has 0 saturated carbocycles. The maximum Gasteiger partial charge on any atom is 0.248 e. The van der Waals surface area contributed by atoms with E-state index in [-0.39, 0.29) is 42.8 Å². The summed E-state index contributed by atoms with van der Waals surface area (Å²) in [4.78, 5) is 49.4. The van der Waals surface area contributed by atoms with Gasteiger partial charge >= 0.3 is 0 Å². The van der Waals surface area contributed by atoms with E-state index in [2.05, 4.69) is 20.1 Å². The first-order valence-electron chi connectivity index (χ1n) is 16.1. The Hall–Kier alpha value is -2.97. The zero-order valence-electron chi connectivity index (χ0n) is 26.7. The van der Waals surface area contributed by atoms with Gasteiger partial charge in [0.2, 0.25) is 17.7 Å². The monoisotopic (exact) mass is 593 g/mol. The third-order valence-electron chi connectivity index (χ3n) is 10.5. The summed E-state index contributed by atoms with van der Waals surface area (Å²) < 4.78 is 7.04. The molecule has 1 aromatic carbocycles. The Balaban J connectivity index is 1.89. The van der Waals surface area contributed by atoms with Crippen LogP contribution < -0.4 is 4.90 Å². The normalized spacial score (nSPS) is 29.6. The van der Waals surface area contributed by atoms with Crippen LogP contribution in [0.5, 0.6) is 0 Å². The van der Waals surface area contributed by atoms with Gasteiger partial charge in [0.15, 0.2) is 0 Å². The van der Waals surface area contributed by atoms with Crippen LogP contribution in [0.2, 0.25) is 0 Å². The van der Waals surface area contributed by atoms with E-state index in [1.165, 1.54) is 0 Å². The zero-order chi connectivity index (χ0) is 31.5. The number of amides is 3. The van der Waals surface area contributed by atoms with Crippen LogP contribution in [0.3, 0.4) is 0 Å². The van der Waals surface area contributed by atoms with E-state index >= 15 is 0 Å². The molecule has 3 aliphatic rings. The minimum absolute atomic E-state index is 0.0616. The van der Waals surface area contributed by atoms with Crippen molar-refractivity contribution in [2.45, 2.75) is 102 Å². The van der Waals surface area contributed by atoms with Crippen LogP contribution >= 0.6 is 0 Å². The molecule has 1 N–H and O–H groups in total. The molecule has 0 radical (unpaired) electrons. The van der Waals surface area contributed by atoms with Gasteiger partial charge in [0.25, 0.3) is 0 Å². The van der Waals surface area contributed by atoms with Gasteiger partial charge in [-0.15, -0.1) is 13.2 Å². The summed E-state index contributed by atoms with van der Waals surface area (Å²) in [5, 5.41) is 10.7. The second kappa shape index (κ2) is 13.3. The highest BCUT2D eigenvalue weighted by molar-refractivity contribution is 6.03. The van der Waals surface area contributed by atoms with E-state index < -0.39 is 35.1 Å². The predicted octanol–water partition coefficient (Wildman–Crippen LogP) is 4.97. The van der Waals surface area contributed by atoms with Crippen LogP contribution in [0.1, 0.15) is 73.1 Å². The highest BCUT2D eigenvalue weighted by atomic mass is 16.5. The first kappa shape index (κ1) is 32.9. The molecule has 1 spiro atoms. The predicted molar refractivity (Wildman–Crippen MR) is 169 cm³/mol. The van der Waals surface area contributed by atoms with Crippen LogP contribution in [0, 0.1) is 17.8 Å². The SMILES string of the molecule is C=CCN(C(=O)[C@@H]1[C@H]2C(=O)N([C@@H](CO)[C@@H](C)CC)C(C(=O)N(CC=C)C(C)CCC)C23CC[C@@]1(CC)O3)c1ccccc1. The van der Waals surface area contributed by atoms with Crippen molar-refractivity contribution in [1.82, 2.24) is 9.80 Å². The average molecular weight is 594 g/mol. The molecule has 3 amide bonds. The molecule has 2 bridgehead atoms. The molecule has 3 saturated heterocycles. The molecule has 43 heavy (non-hydrogen) atoms. The molecule has 3 aliphatic heterocycles. The molecule has 0 aromatic heterocycles. The van der Waals surface area contributed by atoms with Crippen molar-refractivity contribution < 1.29 is 24.2 Å². The molecule has 3 unspecified atom stereocenters. The van der Waals surface area contributed by atoms with Crippen LogP contribution in [0.15, 0.2) is 55.6 Å². The Morgan fingerprint density at radius 1 is 1.09 bits per heavy atom. The number of benzene rings is 1. The Morgan fingerprint density at radius 3 is 2.33 bits per heavy atom. The van der Waals surface area contributed by atoms with Crippen molar-refractivity contribution in [3.05, 3.63) is 55.6 Å². The Morgan fingerprint density at radius 2 is 1.77 bits per heavy atom. The maximum atomic E-state index is 14.8. The van der Waals surface area contributed by atoms with Gasteiger partial charge in [0.1, 0.15) is 11.6 Å². The van der Waals surface area contributed by atoms with Gasteiger partial charge in [-0.3, -0.25) is 14.4 Å². The summed E-state index contributed by atoms with van der Waals surface area (Å²) in [7, 11) is 0. The number of fused-ring (bicyclic) bond motifs is 1. The second-order valence-corrected chi connectivity index (χ2v) is 12.7. The van der Waals surface area contributed by atoms with Gasteiger partial charge in [-0.2, -0.15) is 0 Å². The van der Waals surface area contributed by atoms with Gasteiger partial charge in [0.05, 0.1) is 30.1 Å². The van der Waals surface area contributed by atoms with E-state index in [1.807, 2.05) is 62.9 Å². The van der Waals surface area contributed by atoms with E-state index in [0.717, 1.165) is 24.9 Å². The third-order valence-corrected chi connectivity index (χ3v) is 10.5. The molecule has 0 aliphatic carbocycles. The van der Waals surface area contributed by atoms with Crippen molar-refractivity contribution in [2.24, 2.45) is 17.8 Å². The van der Waals surface area contributed by atoms with Crippen molar-refractivity contribution in [1.29, 1.82) is 0 Å². The van der Waals surface area contributed by atoms with Crippen LogP contribution in [-0.2, 0) is 19.1 Å². The van der Waals surface area contributed by atoms with Gasteiger partial charge in [-0.25, -0.2) is 0 Å². The van der Waals surface area contributed by atoms with Gasteiger partial charge < -0.3 is 24.5 Å². The number of anilines is 1. The smallest absolute Gasteiger partial charge is 0.248 e. The number of hydrogen-bond donors (Lipinski definition) is 1. The van der Waals surface area contributed by atoms with Crippen molar-refractivity contribution in [3.63, 3.8) is 0 Å². The molecule has 4 rings (SSSR count). The van der Waals surface area contributed by atoms with Gasteiger partial charge in [-0.1, -0.05) is 70.9 Å². The second-order valence-electron chi connectivity index (χ2n) is 12.7. The maximum absolute atomic E-state index is 14.8. The molecule has 8 heteroatoms. The number of nitrogens with zero attached hydrogens (tertiary/aromatic N) is 3. The molecular formula is C35H51N3O5. The number of rotatable bonds is 15. The number of likely N-dealkylation sites (tertiary alicyclic amines) is 1. The van der Waals surface area contributed by atoms with Gasteiger partial charge in [0, 0.05) is 24.8 Å². The fraction of sp³-hybridized carbons (Fsp3) is 0.629. The Kier molecular flexibility index (Phi) is 10.2. The molecule has 3 fully saturated rings. The quantitative estimate of drug-likeness (QED) is 0.290. The van der Waals surface area contributed by atoms with Crippen molar-refractivity contribution >= 4 is 23.4 Å². The van der Waals surface area contributed by atoms with E-state index in [0.29, 0.717) is 25.8 Å². The summed E-state index contributed by atoms with van der Waals surface area (Å²) in [5.74, 6) is -2.30. The zero-order valence-corrected chi connectivity index (χ0v) is 26.7. The van der Waals surface area contributed by atoms with Crippen LogP contribution in [0.4, 0.5) is 5.69 Å². The lowest BCUT2D eigenvalue weighted by Crippen LogP contribution is -2.61. The fourth-order valence-corrected chi connectivity index (χ4v) is 8.07. The highest BCUT2D eigenvalue weighted by Gasteiger charge is 2.79. The molecule has 8 atom stereocenters. The minimum atomic E-state index is -1.16. The summed E-state index contributed by atoms with van der Waals surface area (Å²) in [6.45, 7) is 18.3. The molecule has 3 heterocycles. The number of hydrogen-bond acceptors (Lipinski definition) is 5. The topological polar surface area (TPSA) is 90.4 Å². The molecule has 8 nitrogen and oxygen atoms in total. The number of aliphatic hydroxyl groups excluding tert-OH is 1. The van der Waals surface area contributed by atoms with Gasteiger partial charge in [-0.05, 0) is 50.7 Å². The Labute approximate surface area is 257 Å². The lowest BCUT2D eigenvalue weighted by Gasteiger charge is -2.42. The molecule has 1 aromatic rings. The summed E-state index contributed by atoms with van der Waals surface area (Å²) in [6, 6.07) is 7.84. The van der Waals surface area contributed by atoms with E-state index in [9.17, 15) is 19.5 Å². The van der Waals surface area contributed by atoms with Crippen molar-refractivity contribution in [3.8, 4) is 0 Å².